The van der Waals surface area contributed by atoms with E-state index >= 15 is 0 Å². The van der Waals surface area contributed by atoms with Gasteiger partial charge in [0.25, 0.3) is 0 Å². The van der Waals surface area contributed by atoms with Gasteiger partial charge in [-0.25, -0.2) is 9.59 Å². The zero-order chi connectivity index (χ0) is 17.7. The first-order valence-corrected chi connectivity index (χ1v) is 7.20. The molecule has 4 rings (SSSR count). The van der Waals surface area contributed by atoms with Gasteiger partial charge >= 0.3 is 11.3 Å². The van der Waals surface area contributed by atoms with Crippen LogP contribution in [0.2, 0.25) is 0 Å². The van der Waals surface area contributed by atoms with Gasteiger partial charge in [0.15, 0.2) is 11.3 Å². The number of rotatable bonds is 1. The van der Waals surface area contributed by atoms with Crippen molar-refractivity contribution in [1.82, 2.24) is 0 Å². The molecule has 0 amide bonds. The maximum Gasteiger partial charge on any atom is 0.344 e. The summed E-state index contributed by atoms with van der Waals surface area (Å²) in [6, 6.07) is 9.57. The minimum Gasteiger partial charge on any atom is -0.508 e. The number of phenols is 3. The number of hydrogen-bond acceptors (Lipinski definition) is 7. The molecule has 0 radical (unpaired) electrons. The highest BCUT2D eigenvalue weighted by Crippen LogP contribution is 2.37. The van der Waals surface area contributed by atoms with Crippen molar-refractivity contribution in [1.29, 1.82) is 0 Å². The van der Waals surface area contributed by atoms with Gasteiger partial charge < -0.3 is 24.2 Å². The molecular formula is C18H10O7. The Balaban J connectivity index is 2.11. The lowest BCUT2D eigenvalue weighted by Crippen LogP contribution is -2.06. The molecule has 0 atom stereocenters. The van der Waals surface area contributed by atoms with E-state index in [2.05, 4.69) is 0 Å². The van der Waals surface area contributed by atoms with Crippen LogP contribution in [-0.4, -0.2) is 15.3 Å². The molecule has 2 aromatic heterocycles. The van der Waals surface area contributed by atoms with Crippen molar-refractivity contribution >= 4 is 21.9 Å². The summed E-state index contributed by atoms with van der Waals surface area (Å²) in [7, 11) is 0. The van der Waals surface area contributed by atoms with Crippen molar-refractivity contribution in [3.05, 3.63) is 63.3 Å². The second kappa shape index (κ2) is 5.13. The Morgan fingerprint density at radius 1 is 0.800 bits per heavy atom. The first kappa shape index (κ1) is 14.8. The maximum absolute atomic E-state index is 12.4. The molecule has 0 saturated heterocycles. The smallest absolute Gasteiger partial charge is 0.344 e. The SMILES string of the molecule is O=c1cc(-c2cc3ccc(O)cc3oc2=O)c2ccc(O)c(O)c2o1. The zero-order valence-electron chi connectivity index (χ0n) is 12.5. The number of aromatic hydroxyl groups is 3. The van der Waals surface area contributed by atoms with E-state index in [-0.39, 0.29) is 33.4 Å². The van der Waals surface area contributed by atoms with Gasteiger partial charge in [-0.2, -0.15) is 0 Å². The largest absolute Gasteiger partial charge is 0.508 e. The van der Waals surface area contributed by atoms with Crippen molar-refractivity contribution in [3.8, 4) is 28.4 Å². The molecule has 4 aromatic rings. The van der Waals surface area contributed by atoms with E-state index in [1.54, 1.807) is 6.07 Å². The molecule has 7 nitrogen and oxygen atoms in total. The molecule has 25 heavy (non-hydrogen) atoms. The fourth-order valence-electron chi connectivity index (χ4n) is 2.71. The van der Waals surface area contributed by atoms with Crippen molar-refractivity contribution in [2.75, 3.05) is 0 Å². The van der Waals surface area contributed by atoms with Crippen LogP contribution in [0.25, 0.3) is 33.1 Å². The Hall–Kier alpha value is -3.74. The molecule has 0 bridgehead atoms. The highest BCUT2D eigenvalue weighted by atomic mass is 16.4. The van der Waals surface area contributed by atoms with Crippen molar-refractivity contribution < 1.29 is 24.2 Å². The normalized spacial score (nSPS) is 11.2. The average molecular weight is 338 g/mol. The monoisotopic (exact) mass is 338 g/mol. The molecule has 0 fully saturated rings. The van der Waals surface area contributed by atoms with E-state index in [1.807, 2.05) is 0 Å². The zero-order valence-corrected chi connectivity index (χ0v) is 12.5. The molecule has 0 aliphatic heterocycles. The topological polar surface area (TPSA) is 121 Å². The third-order valence-corrected chi connectivity index (χ3v) is 3.87. The second-order valence-electron chi connectivity index (χ2n) is 5.46. The summed E-state index contributed by atoms with van der Waals surface area (Å²) in [6.07, 6.45) is 0. The molecule has 0 saturated carbocycles. The van der Waals surface area contributed by atoms with Crippen LogP contribution in [0.3, 0.4) is 0 Å². The van der Waals surface area contributed by atoms with E-state index in [1.165, 1.54) is 30.3 Å². The molecule has 2 aromatic carbocycles. The number of phenolic OH excluding ortho intramolecular Hbond substituents is 3. The van der Waals surface area contributed by atoms with Gasteiger partial charge in [-0.05, 0) is 30.3 Å². The Bertz CT molecular complexity index is 1260. The van der Waals surface area contributed by atoms with Crippen LogP contribution >= 0.6 is 0 Å². The van der Waals surface area contributed by atoms with Crippen LogP contribution in [0, 0.1) is 0 Å². The van der Waals surface area contributed by atoms with Crippen LogP contribution in [-0.2, 0) is 0 Å². The predicted octanol–water partition coefficient (Wildman–Crippen LogP) is 2.68. The average Bonchev–Trinajstić information content (AvgIpc) is 2.57. The van der Waals surface area contributed by atoms with Gasteiger partial charge in [0.05, 0.1) is 5.56 Å². The summed E-state index contributed by atoms with van der Waals surface area (Å²) in [5.74, 6) is -1.09. The Kier molecular flexibility index (Phi) is 3.04. The molecule has 0 unspecified atom stereocenters. The van der Waals surface area contributed by atoms with Crippen molar-refractivity contribution in [3.63, 3.8) is 0 Å². The Morgan fingerprint density at radius 3 is 2.40 bits per heavy atom. The van der Waals surface area contributed by atoms with Gasteiger partial charge in [0.2, 0.25) is 5.75 Å². The van der Waals surface area contributed by atoms with Crippen molar-refractivity contribution in [2.45, 2.75) is 0 Å². The molecule has 0 aliphatic carbocycles. The van der Waals surface area contributed by atoms with E-state index < -0.39 is 22.8 Å². The van der Waals surface area contributed by atoms with E-state index in [4.69, 9.17) is 8.83 Å². The van der Waals surface area contributed by atoms with Crippen LogP contribution in [0.1, 0.15) is 0 Å². The van der Waals surface area contributed by atoms with Gasteiger partial charge in [-0.1, -0.05) is 0 Å². The van der Waals surface area contributed by atoms with E-state index in [0.29, 0.717) is 5.39 Å². The third-order valence-electron chi connectivity index (χ3n) is 3.87. The first-order valence-electron chi connectivity index (χ1n) is 7.20. The number of fused-ring (bicyclic) bond motifs is 2. The Labute approximate surface area is 138 Å². The molecule has 2 heterocycles. The lowest BCUT2D eigenvalue weighted by atomic mass is 10.0. The van der Waals surface area contributed by atoms with Gasteiger partial charge in [-0.15, -0.1) is 0 Å². The highest BCUT2D eigenvalue weighted by molar-refractivity contribution is 5.98. The molecular weight excluding hydrogens is 328 g/mol. The quantitative estimate of drug-likeness (QED) is 0.360. The maximum atomic E-state index is 12.4. The van der Waals surface area contributed by atoms with Crippen LogP contribution in [0.15, 0.2) is 60.9 Å². The lowest BCUT2D eigenvalue weighted by Gasteiger charge is -2.07. The summed E-state index contributed by atoms with van der Waals surface area (Å²) in [6.45, 7) is 0. The van der Waals surface area contributed by atoms with Crippen LogP contribution in [0.5, 0.6) is 17.2 Å². The molecule has 124 valence electrons. The van der Waals surface area contributed by atoms with Gasteiger partial charge in [0.1, 0.15) is 11.3 Å². The summed E-state index contributed by atoms with van der Waals surface area (Å²) in [4.78, 5) is 24.2. The number of benzene rings is 2. The standard InChI is InChI=1S/C18H10O7/c19-9-2-1-8-5-12(18(23)24-14(8)6-9)11-7-15(21)25-17-10(11)3-4-13(20)16(17)22/h1-7,19-20,22H. The Morgan fingerprint density at radius 2 is 1.60 bits per heavy atom. The fraction of sp³-hybridized carbons (Fsp3) is 0. The van der Waals surface area contributed by atoms with Crippen LogP contribution < -0.4 is 11.3 Å². The predicted molar refractivity (Wildman–Crippen MR) is 89.0 cm³/mol. The van der Waals surface area contributed by atoms with Gasteiger partial charge in [0, 0.05) is 28.5 Å². The van der Waals surface area contributed by atoms with E-state index in [0.717, 1.165) is 6.07 Å². The molecule has 3 N–H and O–H groups in total. The van der Waals surface area contributed by atoms with Crippen LogP contribution in [0.4, 0.5) is 0 Å². The van der Waals surface area contributed by atoms with Gasteiger partial charge in [-0.3, -0.25) is 0 Å². The molecule has 0 aliphatic rings. The fourth-order valence-corrected chi connectivity index (χ4v) is 2.71. The van der Waals surface area contributed by atoms with Crippen molar-refractivity contribution in [2.24, 2.45) is 0 Å². The first-order chi connectivity index (χ1) is 11.9. The highest BCUT2D eigenvalue weighted by Gasteiger charge is 2.17. The molecule has 7 heteroatoms. The van der Waals surface area contributed by atoms with E-state index in [9.17, 15) is 24.9 Å². The minimum atomic E-state index is -0.798. The summed E-state index contributed by atoms with van der Waals surface area (Å²) >= 11 is 0. The minimum absolute atomic E-state index is 0.0467. The number of hydrogen-bond donors (Lipinski definition) is 3. The summed E-state index contributed by atoms with van der Waals surface area (Å²) in [5.41, 5.74) is -1.27. The lowest BCUT2D eigenvalue weighted by molar-refractivity contribution is 0.397. The molecule has 0 spiro atoms. The summed E-state index contributed by atoms with van der Waals surface area (Å²) in [5, 5.41) is 29.8. The third kappa shape index (κ3) is 2.29. The summed E-state index contributed by atoms with van der Waals surface area (Å²) < 4.78 is 10.2. The second-order valence-corrected chi connectivity index (χ2v) is 5.46.